The average Bonchev–Trinajstić information content (AvgIpc) is 2.35. The molecule has 0 spiro atoms. The predicted molar refractivity (Wildman–Crippen MR) is 54.1 cm³/mol. The zero-order chi connectivity index (χ0) is 13.9. The van der Waals surface area contributed by atoms with Crippen molar-refractivity contribution in [3.8, 4) is 6.07 Å². The van der Waals surface area contributed by atoms with Crippen molar-refractivity contribution in [1.82, 2.24) is 0 Å². The highest BCUT2D eigenvalue weighted by Gasteiger charge is 2.29. The highest BCUT2D eigenvalue weighted by atomic mass is 19.3. The van der Waals surface area contributed by atoms with Crippen LogP contribution < -0.4 is 0 Å². The van der Waals surface area contributed by atoms with Crippen LogP contribution in [0.4, 0.5) is 14.5 Å². The van der Waals surface area contributed by atoms with Crippen molar-refractivity contribution in [2.75, 3.05) is 7.11 Å². The van der Waals surface area contributed by atoms with E-state index in [1.807, 2.05) is 0 Å². The first-order valence-corrected chi connectivity index (χ1v) is 4.51. The molecule has 0 fully saturated rings. The van der Waals surface area contributed by atoms with Crippen molar-refractivity contribution >= 4 is 11.7 Å². The lowest BCUT2D eigenvalue weighted by Crippen LogP contribution is -2.09. The van der Waals surface area contributed by atoms with E-state index in [4.69, 9.17) is 5.26 Å². The quantitative estimate of drug-likeness (QED) is 0.469. The highest BCUT2D eigenvalue weighted by molar-refractivity contribution is 5.93. The summed E-state index contributed by atoms with van der Waals surface area (Å²) >= 11 is 0. The number of esters is 1. The zero-order valence-corrected chi connectivity index (χ0v) is 9.02. The van der Waals surface area contributed by atoms with Crippen LogP contribution in [0.2, 0.25) is 0 Å². The third-order valence-electron chi connectivity index (χ3n) is 2.15. The van der Waals surface area contributed by atoms with Crippen molar-refractivity contribution in [1.29, 1.82) is 5.26 Å². The van der Waals surface area contributed by atoms with Gasteiger partial charge in [0.05, 0.1) is 23.2 Å². The van der Waals surface area contributed by atoms with Crippen LogP contribution in [0.25, 0.3) is 0 Å². The van der Waals surface area contributed by atoms with Gasteiger partial charge in [0.2, 0.25) is 0 Å². The van der Waals surface area contributed by atoms with E-state index in [-0.39, 0.29) is 0 Å². The molecule has 8 heteroatoms. The summed E-state index contributed by atoms with van der Waals surface area (Å²) in [7, 11) is 1.01. The lowest BCUT2D eigenvalue weighted by atomic mass is 10.0. The maximum atomic E-state index is 12.8. The Kier molecular flexibility index (Phi) is 3.89. The molecule has 0 saturated carbocycles. The molecule has 0 aliphatic rings. The molecular weight excluding hydrogens is 250 g/mol. The average molecular weight is 256 g/mol. The van der Waals surface area contributed by atoms with Gasteiger partial charge in [-0.15, -0.1) is 0 Å². The van der Waals surface area contributed by atoms with E-state index in [1.165, 1.54) is 6.07 Å². The first-order valence-electron chi connectivity index (χ1n) is 4.51. The highest BCUT2D eigenvalue weighted by Crippen LogP contribution is 2.33. The monoisotopic (exact) mass is 256 g/mol. The number of hydrogen-bond donors (Lipinski definition) is 0. The molecule has 1 rings (SSSR count). The van der Waals surface area contributed by atoms with E-state index >= 15 is 0 Å². The Morgan fingerprint density at radius 3 is 2.56 bits per heavy atom. The minimum atomic E-state index is -3.25. The molecule has 0 radical (unpaired) electrons. The van der Waals surface area contributed by atoms with Crippen molar-refractivity contribution in [2.24, 2.45) is 0 Å². The van der Waals surface area contributed by atoms with Crippen LogP contribution in [-0.2, 0) is 4.74 Å². The standard InChI is InChI=1S/C10H6F2N2O4/c1-18-10(15)5-2-3-7(14(16)17)8(9(11)12)6(5)4-13/h2-3,9H,1H3. The maximum Gasteiger partial charge on any atom is 0.339 e. The van der Waals surface area contributed by atoms with Crippen molar-refractivity contribution in [3.63, 3.8) is 0 Å². The number of nitro benzene ring substituents is 1. The molecule has 18 heavy (non-hydrogen) atoms. The zero-order valence-electron chi connectivity index (χ0n) is 9.02. The Balaban J connectivity index is 3.65. The lowest BCUT2D eigenvalue weighted by Gasteiger charge is -2.07. The minimum Gasteiger partial charge on any atom is -0.465 e. The second-order valence-electron chi connectivity index (χ2n) is 3.08. The van der Waals surface area contributed by atoms with Crippen molar-refractivity contribution in [2.45, 2.75) is 6.43 Å². The summed E-state index contributed by atoms with van der Waals surface area (Å²) in [6.07, 6.45) is -3.25. The van der Waals surface area contributed by atoms with Crippen LogP contribution in [0.3, 0.4) is 0 Å². The number of nitrogens with zero attached hydrogens (tertiary/aromatic N) is 2. The molecule has 0 heterocycles. The molecule has 0 amide bonds. The minimum absolute atomic E-state index is 0.430. The first kappa shape index (κ1) is 13.5. The van der Waals surface area contributed by atoms with Crippen LogP contribution >= 0.6 is 0 Å². The smallest absolute Gasteiger partial charge is 0.339 e. The number of halogens is 2. The Hall–Kier alpha value is -2.56. The fraction of sp³-hybridized carbons (Fsp3) is 0.200. The SMILES string of the molecule is COC(=O)c1ccc([N+](=O)[O-])c(C(F)F)c1C#N. The largest absolute Gasteiger partial charge is 0.465 e. The third kappa shape index (κ3) is 2.24. The molecule has 94 valence electrons. The second kappa shape index (κ2) is 5.18. The lowest BCUT2D eigenvalue weighted by molar-refractivity contribution is -0.386. The molecule has 0 N–H and O–H groups in total. The van der Waals surface area contributed by atoms with Crippen LogP contribution in [0.15, 0.2) is 12.1 Å². The number of ether oxygens (including phenoxy) is 1. The molecule has 0 bridgehead atoms. The molecule has 1 aromatic carbocycles. The Bertz CT molecular complexity index is 552. The summed E-state index contributed by atoms with van der Waals surface area (Å²) in [5, 5.41) is 19.4. The number of methoxy groups -OCH3 is 1. The van der Waals surface area contributed by atoms with Gasteiger partial charge in [0.1, 0.15) is 11.6 Å². The number of rotatable bonds is 3. The maximum absolute atomic E-state index is 12.8. The molecule has 1 aromatic rings. The van der Waals surface area contributed by atoms with Gasteiger partial charge < -0.3 is 4.74 Å². The van der Waals surface area contributed by atoms with Gasteiger partial charge in [0, 0.05) is 6.07 Å². The number of carbonyl (C=O) groups excluding carboxylic acids is 1. The van der Waals surface area contributed by atoms with E-state index in [9.17, 15) is 23.7 Å². The molecule has 0 aromatic heterocycles. The fourth-order valence-electron chi connectivity index (χ4n) is 1.39. The number of alkyl halides is 2. The second-order valence-corrected chi connectivity index (χ2v) is 3.08. The molecule has 6 nitrogen and oxygen atoms in total. The molecule has 0 aliphatic heterocycles. The van der Waals surface area contributed by atoms with Gasteiger partial charge in [0.15, 0.2) is 0 Å². The van der Waals surface area contributed by atoms with E-state index in [0.717, 1.165) is 19.2 Å². The van der Waals surface area contributed by atoms with Gasteiger partial charge in [-0.25, -0.2) is 13.6 Å². The van der Waals surface area contributed by atoms with Gasteiger partial charge in [-0.2, -0.15) is 5.26 Å². The Morgan fingerprint density at radius 1 is 1.56 bits per heavy atom. The Morgan fingerprint density at radius 2 is 2.17 bits per heavy atom. The van der Waals surface area contributed by atoms with Gasteiger partial charge in [-0.1, -0.05) is 0 Å². The van der Waals surface area contributed by atoms with Crippen LogP contribution in [-0.4, -0.2) is 18.0 Å². The van der Waals surface area contributed by atoms with Crippen molar-refractivity contribution < 1.29 is 23.2 Å². The number of hydrogen-bond acceptors (Lipinski definition) is 5. The number of nitro groups is 1. The summed E-state index contributed by atoms with van der Waals surface area (Å²) in [6, 6.07) is 3.03. The summed E-state index contributed by atoms with van der Waals surface area (Å²) < 4.78 is 29.9. The summed E-state index contributed by atoms with van der Waals surface area (Å²) in [6.45, 7) is 0. The van der Waals surface area contributed by atoms with Gasteiger partial charge in [-0.05, 0) is 6.07 Å². The third-order valence-corrected chi connectivity index (χ3v) is 2.15. The number of nitriles is 1. The summed E-state index contributed by atoms with van der Waals surface area (Å²) in [5.41, 5.74) is -3.16. The predicted octanol–water partition coefficient (Wildman–Crippen LogP) is 2.19. The van der Waals surface area contributed by atoms with Crippen molar-refractivity contribution in [3.05, 3.63) is 38.9 Å². The van der Waals surface area contributed by atoms with E-state index < -0.39 is 39.7 Å². The van der Waals surface area contributed by atoms with Gasteiger partial charge in [-0.3, -0.25) is 10.1 Å². The topological polar surface area (TPSA) is 93.2 Å². The normalized spacial score (nSPS) is 9.94. The molecule has 0 aliphatic carbocycles. The van der Waals surface area contributed by atoms with E-state index in [2.05, 4.69) is 4.74 Å². The van der Waals surface area contributed by atoms with Crippen LogP contribution in [0, 0.1) is 21.4 Å². The van der Waals surface area contributed by atoms with Gasteiger partial charge in [0.25, 0.3) is 12.1 Å². The van der Waals surface area contributed by atoms with Crippen LogP contribution in [0.1, 0.15) is 27.9 Å². The first-order chi connectivity index (χ1) is 8.43. The number of benzene rings is 1. The van der Waals surface area contributed by atoms with E-state index in [0.29, 0.717) is 0 Å². The molecule has 0 unspecified atom stereocenters. The molecule has 0 saturated heterocycles. The van der Waals surface area contributed by atoms with Crippen LogP contribution in [0.5, 0.6) is 0 Å². The van der Waals surface area contributed by atoms with Gasteiger partial charge >= 0.3 is 5.97 Å². The summed E-state index contributed by atoms with van der Waals surface area (Å²) in [4.78, 5) is 20.8. The summed E-state index contributed by atoms with van der Waals surface area (Å²) in [5.74, 6) is -1.01. The van der Waals surface area contributed by atoms with E-state index in [1.54, 1.807) is 0 Å². The fourth-order valence-corrected chi connectivity index (χ4v) is 1.39. The number of carbonyl (C=O) groups is 1. The Labute approximate surface area is 99.5 Å². The molecular formula is C10H6F2N2O4. The molecule has 0 atom stereocenters.